The molecule has 2 heterocycles. The van der Waals surface area contributed by atoms with Crippen molar-refractivity contribution in [2.45, 2.75) is 0 Å². The van der Waals surface area contributed by atoms with Crippen molar-refractivity contribution in [1.29, 1.82) is 0 Å². The molecule has 30 heavy (non-hydrogen) atoms. The number of aryl methyl sites for hydroxylation is 1. The van der Waals surface area contributed by atoms with E-state index in [-0.39, 0.29) is 11.7 Å². The lowest BCUT2D eigenvalue weighted by Crippen LogP contribution is -2.28. The van der Waals surface area contributed by atoms with Gasteiger partial charge in [0.1, 0.15) is 5.70 Å². The topological polar surface area (TPSA) is 51.1 Å². The minimum absolute atomic E-state index is 0.188. The van der Waals surface area contributed by atoms with Gasteiger partial charge in [0, 0.05) is 40.2 Å². The predicted octanol–water partition coefficient (Wildman–Crippen LogP) is 5.58. The van der Waals surface area contributed by atoms with Gasteiger partial charge in [-0.1, -0.05) is 42.5 Å². The predicted molar refractivity (Wildman–Crippen MR) is 126 cm³/mol. The first-order chi connectivity index (χ1) is 14.6. The van der Waals surface area contributed by atoms with Gasteiger partial charge in [0.25, 0.3) is 5.91 Å². The number of hydrogen-bond donors (Lipinski definition) is 1. The van der Waals surface area contributed by atoms with E-state index in [1.165, 1.54) is 23.1 Å². The number of ketones is 1. The fourth-order valence-corrected chi connectivity index (χ4v) is 4.79. The van der Waals surface area contributed by atoms with Gasteiger partial charge < -0.3 is 9.88 Å². The van der Waals surface area contributed by atoms with Crippen molar-refractivity contribution in [1.82, 2.24) is 9.88 Å². The van der Waals surface area contributed by atoms with Crippen LogP contribution in [0.1, 0.15) is 25.6 Å². The van der Waals surface area contributed by atoms with Gasteiger partial charge in [-0.2, -0.15) is 0 Å². The summed E-state index contributed by atoms with van der Waals surface area (Å²) in [6.07, 6.45) is 3.93. The number of hydrogen-bond acceptors (Lipinski definition) is 4. The molecule has 0 aliphatic heterocycles. The molecule has 0 saturated heterocycles. The molecule has 1 N–H and O–H groups in total. The third-order valence-corrected chi connectivity index (χ3v) is 6.52. The highest BCUT2D eigenvalue weighted by molar-refractivity contribution is 8.07. The summed E-state index contributed by atoms with van der Waals surface area (Å²) < 4.78 is 2.03. The summed E-state index contributed by atoms with van der Waals surface area (Å²) in [5, 5.41) is 5.81. The van der Waals surface area contributed by atoms with Crippen LogP contribution in [0.3, 0.4) is 0 Å². The smallest absolute Gasteiger partial charge is 0.255 e. The molecule has 4 rings (SSSR count). The molecule has 0 spiro atoms. The highest BCUT2D eigenvalue weighted by Crippen LogP contribution is 2.35. The Morgan fingerprint density at radius 3 is 2.40 bits per heavy atom. The van der Waals surface area contributed by atoms with E-state index in [9.17, 15) is 9.59 Å². The third-order valence-electron chi connectivity index (χ3n) is 4.82. The number of nitrogens with zero attached hydrogens (tertiary/aromatic N) is 1. The second-order valence-corrected chi connectivity index (χ2v) is 8.47. The summed E-state index contributed by atoms with van der Waals surface area (Å²) in [6, 6.07) is 20.6. The number of thiophene rings is 1. The molecule has 1 amide bonds. The van der Waals surface area contributed by atoms with Crippen molar-refractivity contribution < 1.29 is 9.59 Å². The number of Topliss-reactive ketones (excluding diaryl/α,β-unsaturated/α-hetero) is 1. The Kier molecular flexibility index (Phi) is 5.88. The van der Waals surface area contributed by atoms with Crippen molar-refractivity contribution in [3.63, 3.8) is 0 Å². The average molecular weight is 433 g/mol. The van der Waals surface area contributed by atoms with E-state index in [0.717, 1.165) is 21.4 Å². The number of allylic oxidation sites excluding steroid dienone is 1. The van der Waals surface area contributed by atoms with Crippen LogP contribution < -0.4 is 5.32 Å². The Bertz CT molecular complexity index is 1240. The number of carbonyl (C=O) groups is 2. The van der Waals surface area contributed by atoms with Crippen molar-refractivity contribution >= 4 is 50.6 Å². The maximum Gasteiger partial charge on any atom is 0.255 e. The Hall–Kier alpha value is -3.09. The number of fused-ring (bicyclic) bond motifs is 1. The number of aromatic nitrogens is 1. The second kappa shape index (κ2) is 8.73. The molecule has 0 saturated carbocycles. The van der Waals surface area contributed by atoms with Crippen LogP contribution in [-0.2, 0) is 7.05 Å². The van der Waals surface area contributed by atoms with Gasteiger partial charge in [0.15, 0.2) is 0 Å². The number of rotatable bonds is 6. The van der Waals surface area contributed by atoms with E-state index in [4.69, 9.17) is 0 Å². The van der Waals surface area contributed by atoms with Gasteiger partial charge in [-0.25, -0.2) is 0 Å². The number of amides is 1. The van der Waals surface area contributed by atoms with E-state index in [2.05, 4.69) is 5.32 Å². The van der Waals surface area contributed by atoms with E-state index in [1.54, 1.807) is 30.3 Å². The summed E-state index contributed by atoms with van der Waals surface area (Å²) in [7, 11) is 1.98. The zero-order valence-corrected chi connectivity index (χ0v) is 18.2. The van der Waals surface area contributed by atoms with Crippen molar-refractivity contribution in [2.75, 3.05) is 6.26 Å². The summed E-state index contributed by atoms with van der Waals surface area (Å²) in [5.74, 6) is -0.492. The quantitative estimate of drug-likeness (QED) is 0.319. The average Bonchev–Trinajstić information content (AvgIpc) is 3.43. The van der Waals surface area contributed by atoms with Crippen LogP contribution in [0, 0.1) is 0 Å². The van der Waals surface area contributed by atoms with Gasteiger partial charge in [0.05, 0.1) is 4.88 Å². The van der Waals surface area contributed by atoms with Crippen LogP contribution in [0.2, 0.25) is 0 Å². The molecule has 150 valence electrons. The molecule has 0 radical (unpaired) electrons. The van der Waals surface area contributed by atoms with Crippen molar-refractivity contribution in [3.8, 4) is 0 Å². The lowest BCUT2D eigenvalue weighted by atomic mass is 10.1. The number of nitrogens with one attached hydrogen (secondary N) is 1. The molecule has 2 aromatic heterocycles. The summed E-state index contributed by atoms with van der Waals surface area (Å²) in [6.45, 7) is 0. The summed E-state index contributed by atoms with van der Waals surface area (Å²) in [5.41, 5.74) is 2.80. The molecule has 0 unspecified atom stereocenters. The number of carbonyl (C=O) groups excluding carboxylic acids is 2. The van der Waals surface area contributed by atoms with E-state index in [0.29, 0.717) is 16.1 Å². The fraction of sp³-hybridized carbons (Fsp3) is 0.0833. The molecule has 0 bridgehead atoms. The summed E-state index contributed by atoms with van der Waals surface area (Å²) in [4.78, 5) is 27.7. The highest BCUT2D eigenvalue weighted by Gasteiger charge is 2.24. The minimum Gasteiger partial charge on any atom is -0.350 e. The largest absolute Gasteiger partial charge is 0.350 e. The molecule has 0 aliphatic carbocycles. The second-order valence-electron chi connectivity index (χ2n) is 6.71. The Morgan fingerprint density at radius 2 is 1.70 bits per heavy atom. The molecular formula is C24H20N2O2S2. The van der Waals surface area contributed by atoms with Crippen molar-refractivity contribution in [3.05, 3.63) is 100 Å². The van der Waals surface area contributed by atoms with E-state index < -0.39 is 0 Å². The van der Waals surface area contributed by atoms with E-state index >= 15 is 0 Å². The third kappa shape index (κ3) is 3.84. The maximum atomic E-state index is 13.4. The number of para-hydroxylation sites is 1. The lowest BCUT2D eigenvalue weighted by molar-refractivity contribution is 0.0935. The van der Waals surface area contributed by atoms with Crippen LogP contribution in [0.15, 0.2) is 84.0 Å². The molecule has 2 aromatic carbocycles. The van der Waals surface area contributed by atoms with Crippen LogP contribution in [0.25, 0.3) is 15.8 Å². The minimum atomic E-state index is -0.303. The normalized spacial score (nSPS) is 11.9. The van der Waals surface area contributed by atoms with Gasteiger partial charge in [-0.15, -0.1) is 23.1 Å². The highest BCUT2D eigenvalue weighted by atomic mass is 32.2. The van der Waals surface area contributed by atoms with Crippen LogP contribution in [0.4, 0.5) is 0 Å². The maximum absolute atomic E-state index is 13.4. The Balaban J connectivity index is 1.88. The van der Waals surface area contributed by atoms with E-state index in [1.807, 2.05) is 65.8 Å². The molecule has 0 fully saturated rings. The number of benzene rings is 2. The molecule has 0 atom stereocenters. The van der Waals surface area contributed by atoms with Crippen LogP contribution >= 0.6 is 23.1 Å². The van der Waals surface area contributed by atoms with Gasteiger partial charge in [-0.05, 0) is 35.9 Å². The first-order valence-electron chi connectivity index (χ1n) is 9.37. The zero-order valence-electron chi connectivity index (χ0n) is 16.6. The Labute approximate surface area is 183 Å². The van der Waals surface area contributed by atoms with Crippen molar-refractivity contribution in [2.24, 2.45) is 7.05 Å². The molecule has 4 aromatic rings. The molecular weight excluding hydrogens is 412 g/mol. The Morgan fingerprint density at radius 1 is 0.967 bits per heavy atom. The standard InChI is InChI=1S/C24H20N2O2S2/c1-26-15-18(17-11-6-7-12-19(17)26)23(29-2)21(22(27)20-13-8-14-30-20)25-24(28)16-9-4-3-5-10-16/h3-15H,1-2H3,(H,25,28). The molecule has 0 aliphatic rings. The molecule has 6 heteroatoms. The first-order valence-corrected chi connectivity index (χ1v) is 11.5. The fourth-order valence-electron chi connectivity index (χ4n) is 3.39. The first kappa shape index (κ1) is 20.2. The van der Waals surface area contributed by atoms with Crippen LogP contribution in [-0.4, -0.2) is 22.5 Å². The van der Waals surface area contributed by atoms with Gasteiger partial charge >= 0.3 is 0 Å². The lowest BCUT2D eigenvalue weighted by Gasteiger charge is -2.14. The summed E-state index contributed by atoms with van der Waals surface area (Å²) >= 11 is 2.82. The SMILES string of the molecule is CSC(=C(NC(=O)c1ccccc1)C(=O)c1cccs1)c1cn(C)c2ccccc12. The molecule has 4 nitrogen and oxygen atoms in total. The van der Waals surface area contributed by atoms with Gasteiger partial charge in [-0.3, -0.25) is 9.59 Å². The monoisotopic (exact) mass is 432 g/mol. The van der Waals surface area contributed by atoms with Crippen LogP contribution in [0.5, 0.6) is 0 Å². The number of thioether (sulfide) groups is 1. The zero-order chi connectivity index (χ0) is 21.1. The van der Waals surface area contributed by atoms with Gasteiger partial charge in [0.2, 0.25) is 5.78 Å².